The molecule has 140 heavy (non-hydrogen) atoms. The highest BCUT2D eigenvalue weighted by Gasteiger charge is 2.31. The summed E-state index contributed by atoms with van der Waals surface area (Å²) in [5.41, 5.74) is 25.9. The first-order valence-corrected chi connectivity index (χ1v) is 47.5. The average molecular weight is 1780 g/mol. The molecule has 33 aromatic rings. The van der Waals surface area contributed by atoms with E-state index >= 15 is 0 Å². The predicted octanol–water partition coefficient (Wildman–Crippen LogP) is 34.1. The molecule has 0 bridgehead atoms. The predicted molar refractivity (Wildman–Crippen MR) is 579 cm³/mol. The summed E-state index contributed by atoms with van der Waals surface area (Å²) >= 11 is 0. The molecular weight excluding hydrogens is 1710 g/mol. The first-order chi connectivity index (χ1) is 69.5. The van der Waals surface area contributed by atoms with E-state index in [1.165, 1.54) is 108 Å². The van der Waals surface area contributed by atoms with Crippen molar-refractivity contribution in [2.24, 2.45) is 0 Å². The van der Waals surface area contributed by atoms with E-state index in [9.17, 15) is 0 Å². The summed E-state index contributed by atoms with van der Waals surface area (Å²) in [5.74, 6) is 1.62. The lowest BCUT2D eigenvalue weighted by Gasteiger charge is -2.14. The second kappa shape index (κ2) is 29.2. The Bertz CT molecular complexity index is 11100. The first kappa shape index (κ1) is 76.4. The first-order valence-electron chi connectivity index (χ1n) is 47.5. The van der Waals surface area contributed by atoms with Gasteiger partial charge in [0.2, 0.25) is 0 Å². The quantitative estimate of drug-likeness (QED) is 0.143. The highest BCUT2D eigenvalue weighted by Crippen LogP contribution is 2.53. The molecule has 0 fully saturated rings. The summed E-state index contributed by atoms with van der Waals surface area (Å²) in [6, 6.07) is 152. The van der Waals surface area contributed by atoms with Gasteiger partial charge in [-0.15, -0.1) is 0 Å². The molecule has 0 N–H and O–H groups in total. The SMILES string of the molecule is c1ccc(-c2nc3c(ccc4ccccc43)nc2-n2c3cccc4c5ccccc5c5cccc6oc7ccc2c(c7c65)c43)cc1.c1ccc(-c2nc3ccc(-n4c5cccc6c7ccccc7c7cccc8oc9ccc4c(c9c87)c65)cc3nc2-c2ccccc2)cc1.c1ccc(-c2nc3ccc4ccccc4c3nc2-n2c3cccc4c5ccccc5c5cccc6oc7ccc2c(c7c65)c43)cc1. The minimum Gasteiger partial charge on any atom is -0.456 e. The van der Waals surface area contributed by atoms with Crippen molar-refractivity contribution in [3.8, 4) is 62.4 Å². The van der Waals surface area contributed by atoms with Crippen LogP contribution in [0.4, 0.5) is 0 Å². The molecule has 9 heterocycles. The Balaban J connectivity index is 0.0000000968. The number of aromatic nitrogens is 9. The molecule has 0 atom stereocenters. The van der Waals surface area contributed by atoms with Crippen molar-refractivity contribution in [3.05, 3.63) is 431 Å². The minimum absolute atomic E-state index is 0.811. The molecule has 0 aliphatic carbocycles. The normalized spacial score (nSPS) is 12.3. The van der Waals surface area contributed by atoms with Crippen LogP contribution in [0.2, 0.25) is 0 Å². The lowest BCUT2D eigenvalue weighted by Crippen LogP contribution is -2.04. The van der Waals surface area contributed by atoms with Crippen LogP contribution in [0.1, 0.15) is 0 Å². The van der Waals surface area contributed by atoms with Crippen molar-refractivity contribution in [1.29, 1.82) is 0 Å². The topological polar surface area (TPSA) is 132 Å². The molecule has 12 heteroatoms. The fourth-order valence-corrected chi connectivity index (χ4v) is 23.5. The Kier molecular flexibility index (Phi) is 16.0. The van der Waals surface area contributed by atoms with Gasteiger partial charge in [-0.1, -0.05) is 328 Å². The molecule has 0 aliphatic rings. The fourth-order valence-electron chi connectivity index (χ4n) is 23.5. The molecule has 0 saturated heterocycles. The summed E-state index contributed by atoms with van der Waals surface area (Å²) < 4.78 is 26.7. The number of rotatable bonds is 7. The summed E-state index contributed by atoms with van der Waals surface area (Å²) in [7, 11) is 0. The smallest absolute Gasteiger partial charge is 0.165 e. The van der Waals surface area contributed by atoms with Gasteiger partial charge in [0.25, 0.3) is 0 Å². The van der Waals surface area contributed by atoms with Gasteiger partial charge in [0.15, 0.2) is 11.6 Å². The maximum atomic E-state index is 6.57. The minimum atomic E-state index is 0.811. The second-order valence-electron chi connectivity index (χ2n) is 36.7. The highest BCUT2D eigenvalue weighted by atomic mass is 16.3. The molecule has 0 aliphatic heterocycles. The maximum Gasteiger partial charge on any atom is 0.165 e. The van der Waals surface area contributed by atoms with E-state index in [0.29, 0.717) is 0 Å². The van der Waals surface area contributed by atoms with Crippen molar-refractivity contribution < 1.29 is 13.3 Å². The standard InChI is InChI=1S/C44H25N3O.2C42H23N3O/c1-3-11-26(12-4-1)43-44(27-13-5-2-6-14-27)46-34-25-28(21-22-33(34)45-43)47-35-19-9-17-31-29-15-7-8-16-30(29)32-18-10-20-37-40(32)42-38(48-37)24-23-36(47)41(42)39(31)35;1-2-11-25(12-3-1)40-42(43-31-21-20-24-10-4-5-13-26(24)41(31)44-40)45-32-18-8-16-29-27-14-6-7-15-28(27)30-17-9-19-34-37(30)39-35(46-34)23-22-33(45)38(39)36(29)32;1-2-11-25(12-3-1)40-42(44-41-26-13-5-4-10-24(26)20-21-31(41)43-40)45-32-18-8-16-29-27-14-6-7-15-28(27)30-17-9-19-34-37(30)39-35(46-34)23-22-33(45)38(39)36(29)32/h1-25H;2*1-23H. The Morgan fingerprint density at radius 3 is 0.857 bits per heavy atom. The van der Waals surface area contributed by atoms with Crippen molar-refractivity contribution in [3.63, 3.8) is 0 Å². The zero-order valence-electron chi connectivity index (χ0n) is 74.7. The zero-order chi connectivity index (χ0) is 91.2. The molecule has 12 nitrogen and oxygen atoms in total. The second-order valence-corrected chi connectivity index (χ2v) is 36.7. The highest BCUT2D eigenvalue weighted by molar-refractivity contribution is 6.42. The summed E-state index contributed by atoms with van der Waals surface area (Å²) in [5, 5.41) is 33.2. The van der Waals surface area contributed by atoms with Crippen LogP contribution >= 0.6 is 0 Å². The Morgan fingerprint density at radius 2 is 0.443 bits per heavy atom. The molecule has 646 valence electrons. The van der Waals surface area contributed by atoms with Crippen LogP contribution in [0, 0.1) is 0 Å². The maximum absolute atomic E-state index is 6.57. The lowest BCUT2D eigenvalue weighted by atomic mass is 9.95. The Hall–Kier alpha value is -19.0. The molecule has 0 radical (unpaired) electrons. The van der Waals surface area contributed by atoms with Crippen LogP contribution in [0.25, 0.3) is 313 Å². The fraction of sp³-hybridized carbons (Fsp3) is 0. The van der Waals surface area contributed by atoms with Crippen molar-refractivity contribution in [2.45, 2.75) is 0 Å². The van der Waals surface area contributed by atoms with E-state index in [1.54, 1.807) is 0 Å². The monoisotopic (exact) mass is 1780 g/mol. The van der Waals surface area contributed by atoms with Crippen molar-refractivity contribution in [2.75, 3.05) is 0 Å². The summed E-state index contributed by atoms with van der Waals surface area (Å²) in [4.78, 5) is 32.3. The lowest BCUT2D eigenvalue weighted by molar-refractivity contribution is 0.669. The largest absolute Gasteiger partial charge is 0.456 e. The van der Waals surface area contributed by atoms with Gasteiger partial charge in [0, 0.05) is 103 Å². The van der Waals surface area contributed by atoms with Crippen LogP contribution in [0.5, 0.6) is 0 Å². The summed E-state index contributed by atoms with van der Waals surface area (Å²) in [6.07, 6.45) is 0. The van der Waals surface area contributed by atoms with Crippen LogP contribution in [0.15, 0.2) is 444 Å². The molecule has 0 spiro atoms. The van der Waals surface area contributed by atoms with Gasteiger partial charge in [-0.05, 0) is 179 Å². The molecule has 0 saturated carbocycles. The molecule has 33 rings (SSSR count). The number of nitrogens with zero attached hydrogens (tertiary/aromatic N) is 9. The van der Waals surface area contributed by atoms with Crippen molar-refractivity contribution in [1.82, 2.24) is 43.6 Å². The third kappa shape index (κ3) is 10.9. The number of hydrogen-bond acceptors (Lipinski definition) is 9. The van der Waals surface area contributed by atoms with Gasteiger partial charge in [0.1, 0.15) is 44.9 Å². The van der Waals surface area contributed by atoms with Crippen LogP contribution in [-0.2, 0) is 0 Å². The van der Waals surface area contributed by atoms with E-state index in [2.05, 4.69) is 408 Å². The molecule has 0 unspecified atom stereocenters. The zero-order valence-corrected chi connectivity index (χ0v) is 74.7. The van der Waals surface area contributed by atoms with Crippen LogP contribution in [-0.4, -0.2) is 43.6 Å². The van der Waals surface area contributed by atoms with Gasteiger partial charge in [-0.25, -0.2) is 29.9 Å². The van der Waals surface area contributed by atoms with Gasteiger partial charge in [0.05, 0.1) is 77.6 Å². The van der Waals surface area contributed by atoms with E-state index in [0.717, 1.165) is 205 Å². The van der Waals surface area contributed by atoms with Crippen LogP contribution in [0.3, 0.4) is 0 Å². The van der Waals surface area contributed by atoms with E-state index in [-0.39, 0.29) is 0 Å². The number of hydrogen-bond donors (Lipinski definition) is 0. The molecular formula is C128H71N9O3. The number of benzene rings is 21. The van der Waals surface area contributed by atoms with E-state index in [1.807, 2.05) is 36.4 Å². The summed E-state index contributed by atoms with van der Waals surface area (Å²) in [6.45, 7) is 0. The third-order valence-electron chi connectivity index (χ3n) is 29.4. The van der Waals surface area contributed by atoms with Gasteiger partial charge < -0.3 is 17.8 Å². The van der Waals surface area contributed by atoms with Crippen LogP contribution < -0.4 is 0 Å². The Morgan fingerprint density at radius 1 is 0.157 bits per heavy atom. The average Bonchev–Trinajstić information content (AvgIpc) is 1.54. The molecule has 0 amide bonds. The van der Waals surface area contributed by atoms with Gasteiger partial charge in [-0.2, -0.15) is 0 Å². The number of fused-ring (bicyclic) bond motifs is 16. The van der Waals surface area contributed by atoms with Gasteiger partial charge in [-0.3, -0.25) is 9.13 Å². The number of furan rings is 3. The van der Waals surface area contributed by atoms with Gasteiger partial charge >= 0.3 is 0 Å². The third-order valence-corrected chi connectivity index (χ3v) is 29.4. The van der Waals surface area contributed by atoms with E-state index in [4.69, 9.17) is 43.2 Å². The molecule has 9 aromatic heterocycles. The Labute approximate surface area is 795 Å². The van der Waals surface area contributed by atoms with E-state index < -0.39 is 0 Å². The van der Waals surface area contributed by atoms with Crippen molar-refractivity contribution >= 4 is 251 Å². The molecule has 24 aromatic carbocycles.